The van der Waals surface area contributed by atoms with Gasteiger partial charge in [0.1, 0.15) is 10.7 Å². The fraction of sp³-hybridized carbons (Fsp3) is 0.263. The molecule has 0 fully saturated rings. The van der Waals surface area contributed by atoms with Crippen LogP contribution in [-0.2, 0) is 11.8 Å². The third kappa shape index (κ3) is 4.59. The first-order valence-electron chi connectivity index (χ1n) is 8.40. The number of aromatic nitrogens is 3. The second-order valence-electron chi connectivity index (χ2n) is 7.18. The molecule has 0 unspecified atom stereocenters. The van der Waals surface area contributed by atoms with E-state index in [1.807, 2.05) is 34.0 Å². The highest BCUT2D eigenvalue weighted by Gasteiger charge is 2.21. The number of aryl methyl sites for hydroxylation is 1. The van der Waals surface area contributed by atoms with Crippen molar-refractivity contribution in [1.82, 2.24) is 14.8 Å². The van der Waals surface area contributed by atoms with E-state index < -0.39 is 5.41 Å². The van der Waals surface area contributed by atoms with Crippen LogP contribution < -0.4 is 10.6 Å². The van der Waals surface area contributed by atoms with E-state index >= 15 is 0 Å². The zero-order valence-corrected chi connectivity index (χ0v) is 16.4. The van der Waals surface area contributed by atoms with Crippen molar-refractivity contribution in [2.24, 2.45) is 12.5 Å². The number of carbonyl (C=O) groups excluding carboxylic acids is 2. The average molecular weight is 383 g/mol. The van der Waals surface area contributed by atoms with Gasteiger partial charge in [-0.05, 0) is 24.3 Å². The minimum atomic E-state index is -0.469. The summed E-state index contributed by atoms with van der Waals surface area (Å²) in [7, 11) is 1.83. The summed E-state index contributed by atoms with van der Waals surface area (Å²) in [5, 5.41) is 12.2. The molecule has 0 aliphatic rings. The Hall–Kier alpha value is -3.00. The summed E-state index contributed by atoms with van der Waals surface area (Å²) in [6, 6.07) is 6.98. The molecule has 2 amide bonds. The van der Waals surface area contributed by atoms with E-state index in [2.05, 4.69) is 20.7 Å². The summed E-state index contributed by atoms with van der Waals surface area (Å²) in [4.78, 5) is 28.8. The van der Waals surface area contributed by atoms with Crippen LogP contribution in [0.5, 0.6) is 0 Å². The molecule has 3 aromatic rings. The van der Waals surface area contributed by atoms with Gasteiger partial charge in [-0.2, -0.15) is 5.10 Å². The van der Waals surface area contributed by atoms with Crippen molar-refractivity contribution in [2.75, 3.05) is 10.6 Å². The van der Waals surface area contributed by atoms with Crippen LogP contribution in [0.15, 0.2) is 42.0 Å². The van der Waals surface area contributed by atoms with Gasteiger partial charge >= 0.3 is 0 Å². The van der Waals surface area contributed by atoms with Gasteiger partial charge < -0.3 is 10.6 Å². The molecule has 0 saturated carbocycles. The molecule has 2 N–H and O–H groups in total. The minimum Gasteiger partial charge on any atom is -0.326 e. The Labute approximate surface area is 161 Å². The number of hydrogen-bond donors (Lipinski definition) is 2. The van der Waals surface area contributed by atoms with Gasteiger partial charge in [-0.25, -0.2) is 4.98 Å². The lowest BCUT2D eigenvalue weighted by Crippen LogP contribution is -2.27. The van der Waals surface area contributed by atoms with Gasteiger partial charge in [0, 0.05) is 41.0 Å². The number of benzene rings is 1. The number of nitrogens with zero attached hydrogens (tertiary/aromatic N) is 3. The molecule has 0 bridgehead atoms. The zero-order valence-electron chi connectivity index (χ0n) is 15.6. The first-order valence-corrected chi connectivity index (χ1v) is 9.28. The number of rotatable bonds is 4. The molecule has 0 atom stereocenters. The number of nitrogens with one attached hydrogen (secondary N) is 2. The fourth-order valence-corrected chi connectivity index (χ4v) is 2.97. The summed E-state index contributed by atoms with van der Waals surface area (Å²) >= 11 is 1.39. The van der Waals surface area contributed by atoms with Crippen molar-refractivity contribution in [3.05, 3.63) is 47.7 Å². The first kappa shape index (κ1) is 18.8. The maximum atomic E-state index is 12.4. The van der Waals surface area contributed by atoms with Crippen LogP contribution in [0.25, 0.3) is 10.6 Å². The maximum Gasteiger partial charge on any atom is 0.275 e. The molecule has 2 aromatic heterocycles. The minimum absolute atomic E-state index is 0.0651. The highest BCUT2D eigenvalue weighted by molar-refractivity contribution is 7.13. The van der Waals surface area contributed by atoms with Gasteiger partial charge in [0.25, 0.3) is 5.91 Å². The fourth-order valence-electron chi connectivity index (χ4n) is 2.19. The van der Waals surface area contributed by atoms with Gasteiger partial charge in [0.2, 0.25) is 5.91 Å². The molecule has 0 spiro atoms. The summed E-state index contributed by atoms with van der Waals surface area (Å²) < 4.78 is 1.69. The van der Waals surface area contributed by atoms with Crippen LogP contribution in [0, 0.1) is 5.41 Å². The number of hydrogen-bond acceptors (Lipinski definition) is 5. The van der Waals surface area contributed by atoms with Crippen LogP contribution in [0.4, 0.5) is 11.4 Å². The Morgan fingerprint density at radius 1 is 1.07 bits per heavy atom. The number of amides is 2. The van der Waals surface area contributed by atoms with Gasteiger partial charge in [0.05, 0.1) is 6.20 Å². The summed E-state index contributed by atoms with van der Waals surface area (Å²) in [5.74, 6) is -0.349. The third-order valence-electron chi connectivity index (χ3n) is 3.77. The van der Waals surface area contributed by atoms with Crippen molar-refractivity contribution in [2.45, 2.75) is 20.8 Å². The topological polar surface area (TPSA) is 88.9 Å². The first-order chi connectivity index (χ1) is 12.7. The Balaban J connectivity index is 1.64. The molecule has 8 heteroatoms. The largest absolute Gasteiger partial charge is 0.326 e. The Kier molecular flexibility index (Phi) is 5.09. The molecule has 0 radical (unpaired) electrons. The molecule has 3 rings (SSSR count). The molecule has 0 saturated heterocycles. The standard InChI is InChI=1S/C19H21N5O2S/c1-19(2,3)18(26)22-14-7-5-13(6-8-14)21-16(25)15-11-27-17(23-15)12-9-20-24(4)10-12/h5-11H,1-4H3,(H,21,25)(H,22,26). The lowest BCUT2D eigenvalue weighted by atomic mass is 9.95. The smallest absolute Gasteiger partial charge is 0.275 e. The summed E-state index contributed by atoms with van der Waals surface area (Å²) in [6.07, 6.45) is 3.57. The van der Waals surface area contributed by atoms with Gasteiger partial charge in [-0.1, -0.05) is 20.8 Å². The van der Waals surface area contributed by atoms with Crippen molar-refractivity contribution in [3.63, 3.8) is 0 Å². The zero-order chi connectivity index (χ0) is 19.6. The molecular weight excluding hydrogens is 362 g/mol. The van der Waals surface area contributed by atoms with E-state index in [1.165, 1.54) is 11.3 Å². The third-order valence-corrected chi connectivity index (χ3v) is 4.66. The predicted octanol–water partition coefficient (Wildman–Crippen LogP) is 3.78. The van der Waals surface area contributed by atoms with Crippen molar-refractivity contribution < 1.29 is 9.59 Å². The molecule has 0 aliphatic heterocycles. The van der Waals surface area contributed by atoms with Crippen LogP contribution >= 0.6 is 11.3 Å². The normalized spacial score (nSPS) is 11.3. The highest BCUT2D eigenvalue weighted by Crippen LogP contribution is 2.24. The van der Waals surface area contributed by atoms with E-state index in [4.69, 9.17) is 0 Å². The van der Waals surface area contributed by atoms with Gasteiger partial charge in [-0.15, -0.1) is 11.3 Å². The maximum absolute atomic E-state index is 12.4. The summed E-state index contributed by atoms with van der Waals surface area (Å²) in [5.41, 5.74) is 2.07. The molecule has 1 aromatic carbocycles. The second kappa shape index (κ2) is 7.32. The van der Waals surface area contributed by atoms with E-state index in [9.17, 15) is 9.59 Å². The van der Waals surface area contributed by atoms with Crippen LogP contribution in [0.1, 0.15) is 31.3 Å². The molecule has 7 nitrogen and oxygen atoms in total. The van der Waals surface area contributed by atoms with E-state index in [1.54, 1.807) is 40.5 Å². The molecule has 140 valence electrons. The van der Waals surface area contributed by atoms with Crippen molar-refractivity contribution in [1.29, 1.82) is 0 Å². The SMILES string of the molecule is Cn1cc(-c2nc(C(=O)Nc3ccc(NC(=O)C(C)(C)C)cc3)cs2)cn1. The van der Waals surface area contributed by atoms with E-state index in [0.717, 1.165) is 10.6 Å². The lowest BCUT2D eigenvalue weighted by molar-refractivity contribution is -0.123. The van der Waals surface area contributed by atoms with Crippen LogP contribution in [0.2, 0.25) is 0 Å². The molecule has 0 aliphatic carbocycles. The monoisotopic (exact) mass is 383 g/mol. The molecule has 27 heavy (non-hydrogen) atoms. The quantitative estimate of drug-likeness (QED) is 0.717. The predicted molar refractivity (Wildman–Crippen MR) is 107 cm³/mol. The highest BCUT2D eigenvalue weighted by atomic mass is 32.1. The van der Waals surface area contributed by atoms with E-state index in [0.29, 0.717) is 17.1 Å². The van der Waals surface area contributed by atoms with E-state index in [-0.39, 0.29) is 11.8 Å². The average Bonchev–Trinajstić information content (AvgIpc) is 3.24. The van der Waals surface area contributed by atoms with Crippen molar-refractivity contribution >= 4 is 34.5 Å². The van der Waals surface area contributed by atoms with Crippen LogP contribution in [0.3, 0.4) is 0 Å². The van der Waals surface area contributed by atoms with Crippen molar-refractivity contribution in [3.8, 4) is 10.6 Å². The Morgan fingerprint density at radius 3 is 2.26 bits per heavy atom. The van der Waals surface area contributed by atoms with Gasteiger partial charge in [-0.3, -0.25) is 14.3 Å². The number of thiazole rings is 1. The summed E-state index contributed by atoms with van der Waals surface area (Å²) in [6.45, 7) is 5.56. The number of carbonyl (C=O) groups is 2. The lowest BCUT2D eigenvalue weighted by Gasteiger charge is -2.17. The Bertz CT molecular complexity index is 967. The molecule has 2 heterocycles. The molecular formula is C19H21N5O2S. The van der Waals surface area contributed by atoms with Crippen LogP contribution in [-0.4, -0.2) is 26.6 Å². The Morgan fingerprint density at radius 2 is 1.70 bits per heavy atom. The second-order valence-corrected chi connectivity index (χ2v) is 8.03. The van der Waals surface area contributed by atoms with Gasteiger partial charge in [0.15, 0.2) is 0 Å². The number of anilines is 2.